The second-order valence-corrected chi connectivity index (χ2v) is 7.52. The van der Waals surface area contributed by atoms with E-state index in [1.165, 1.54) is 0 Å². The molecule has 0 bridgehead atoms. The number of nitrogens with one attached hydrogen (secondary N) is 1. The van der Waals surface area contributed by atoms with E-state index in [0.717, 1.165) is 37.2 Å². The van der Waals surface area contributed by atoms with Gasteiger partial charge in [0, 0.05) is 24.7 Å². The third-order valence-electron chi connectivity index (χ3n) is 5.56. The van der Waals surface area contributed by atoms with Crippen LogP contribution in [0.15, 0.2) is 29.1 Å². The summed E-state index contributed by atoms with van der Waals surface area (Å²) < 4.78 is 14.1. The average Bonchev–Trinajstić information content (AvgIpc) is 2.90. The highest BCUT2D eigenvalue weighted by Crippen LogP contribution is 2.29. The summed E-state index contributed by atoms with van der Waals surface area (Å²) in [5, 5.41) is 2.86. The SMILES string of the molecule is COc1ccc(OC)c(NC(=O)Cn2c(C)cc3nc4n(c(=O)c32)CCCCC4)c1. The zero-order valence-corrected chi connectivity index (χ0v) is 17.5. The molecule has 1 aliphatic rings. The topological polar surface area (TPSA) is 87.4 Å². The van der Waals surface area contributed by atoms with E-state index < -0.39 is 0 Å². The molecule has 0 aliphatic carbocycles. The van der Waals surface area contributed by atoms with E-state index in [1.54, 1.807) is 41.6 Å². The molecule has 1 N–H and O–H groups in total. The van der Waals surface area contributed by atoms with Gasteiger partial charge in [-0.05, 0) is 38.0 Å². The van der Waals surface area contributed by atoms with E-state index in [0.29, 0.717) is 34.8 Å². The fourth-order valence-electron chi connectivity index (χ4n) is 4.01. The van der Waals surface area contributed by atoms with Crippen LogP contribution in [-0.2, 0) is 24.3 Å². The van der Waals surface area contributed by atoms with E-state index in [1.807, 2.05) is 13.0 Å². The highest BCUT2D eigenvalue weighted by Gasteiger charge is 2.20. The number of aryl methyl sites for hydroxylation is 2. The zero-order chi connectivity index (χ0) is 21.3. The number of methoxy groups -OCH3 is 2. The van der Waals surface area contributed by atoms with Crippen molar-refractivity contribution in [3.8, 4) is 11.5 Å². The number of nitrogens with zero attached hydrogens (tertiary/aromatic N) is 3. The van der Waals surface area contributed by atoms with Gasteiger partial charge in [-0.3, -0.25) is 14.2 Å². The molecule has 0 saturated heterocycles. The van der Waals surface area contributed by atoms with Gasteiger partial charge in [0.05, 0.1) is 25.4 Å². The summed E-state index contributed by atoms with van der Waals surface area (Å²) >= 11 is 0. The van der Waals surface area contributed by atoms with Crippen molar-refractivity contribution in [3.63, 3.8) is 0 Å². The van der Waals surface area contributed by atoms with Crippen LogP contribution in [-0.4, -0.2) is 34.2 Å². The third kappa shape index (κ3) is 3.65. The molecule has 0 radical (unpaired) electrons. The molecule has 8 heteroatoms. The lowest BCUT2D eigenvalue weighted by Crippen LogP contribution is -2.28. The van der Waals surface area contributed by atoms with Gasteiger partial charge in [-0.1, -0.05) is 6.42 Å². The first-order chi connectivity index (χ1) is 14.5. The monoisotopic (exact) mass is 410 g/mol. The van der Waals surface area contributed by atoms with Crippen LogP contribution in [0.1, 0.15) is 30.8 Å². The lowest BCUT2D eigenvalue weighted by molar-refractivity contribution is -0.116. The van der Waals surface area contributed by atoms with E-state index in [2.05, 4.69) is 5.32 Å². The number of ether oxygens (including phenoxy) is 2. The first-order valence-corrected chi connectivity index (χ1v) is 10.1. The van der Waals surface area contributed by atoms with Gasteiger partial charge in [0.15, 0.2) is 0 Å². The van der Waals surface area contributed by atoms with Crippen LogP contribution in [0.2, 0.25) is 0 Å². The van der Waals surface area contributed by atoms with Crippen molar-refractivity contribution in [1.82, 2.24) is 14.1 Å². The van der Waals surface area contributed by atoms with Crippen LogP contribution in [0.5, 0.6) is 11.5 Å². The van der Waals surface area contributed by atoms with Gasteiger partial charge < -0.3 is 19.4 Å². The average molecular weight is 410 g/mol. The van der Waals surface area contributed by atoms with Gasteiger partial charge in [0.1, 0.15) is 29.4 Å². The number of carbonyl (C=O) groups excluding carboxylic acids is 1. The molecule has 0 atom stereocenters. The van der Waals surface area contributed by atoms with Gasteiger partial charge >= 0.3 is 0 Å². The fraction of sp³-hybridized carbons (Fsp3) is 0.409. The maximum Gasteiger partial charge on any atom is 0.278 e. The minimum absolute atomic E-state index is 0.00592. The van der Waals surface area contributed by atoms with E-state index in [9.17, 15) is 9.59 Å². The van der Waals surface area contributed by atoms with Crippen LogP contribution >= 0.6 is 0 Å². The van der Waals surface area contributed by atoms with E-state index >= 15 is 0 Å². The second kappa shape index (κ2) is 8.22. The molecular formula is C22H26N4O4. The Morgan fingerprint density at radius 1 is 1.17 bits per heavy atom. The lowest BCUT2D eigenvalue weighted by Gasteiger charge is -2.14. The van der Waals surface area contributed by atoms with Gasteiger partial charge in [-0.2, -0.15) is 0 Å². The Morgan fingerprint density at radius 3 is 2.77 bits per heavy atom. The molecule has 1 aliphatic heterocycles. The maximum absolute atomic E-state index is 13.2. The Balaban J connectivity index is 1.67. The number of hydrogen-bond donors (Lipinski definition) is 1. The summed E-state index contributed by atoms with van der Waals surface area (Å²) in [6.45, 7) is 2.57. The molecule has 1 aromatic carbocycles. The summed E-state index contributed by atoms with van der Waals surface area (Å²) in [5.74, 6) is 1.72. The minimum atomic E-state index is -0.263. The molecule has 3 aromatic rings. The van der Waals surface area contributed by atoms with Crippen molar-refractivity contribution >= 4 is 22.6 Å². The van der Waals surface area contributed by atoms with Gasteiger partial charge in [-0.15, -0.1) is 0 Å². The van der Waals surface area contributed by atoms with Crippen molar-refractivity contribution < 1.29 is 14.3 Å². The third-order valence-corrected chi connectivity index (χ3v) is 5.56. The summed E-state index contributed by atoms with van der Waals surface area (Å²) in [7, 11) is 3.10. The largest absolute Gasteiger partial charge is 0.497 e. The first-order valence-electron chi connectivity index (χ1n) is 10.1. The second-order valence-electron chi connectivity index (χ2n) is 7.52. The highest BCUT2D eigenvalue weighted by atomic mass is 16.5. The predicted octanol–water partition coefficient (Wildman–Crippen LogP) is 2.89. The Bertz CT molecular complexity index is 1160. The summed E-state index contributed by atoms with van der Waals surface area (Å²) in [4.78, 5) is 30.8. The quantitative estimate of drug-likeness (QED) is 0.699. The van der Waals surface area contributed by atoms with E-state index in [4.69, 9.17) is 14.5 Å². The maximum atomic E-state index is 13.2. The summed E-state index contributed by atoms with van der Waals surface area (Å²) in [6, 6.07) is 7.07. The van der Waals surface area contributed by atoms with Crippen LogP contribution in [0.4, 0.5) is 5.69 Å². The number of aromatic nitrogens is 3. The minimum Gasteiger partial charge on any atom is -0.497 e. The number of anilines is 1. The van der Waals surface area contributed by atoms with Crippen molar-refractivity contribution in [3.05, 3.63) is 46.1 Å². The molecule has 0 saturated carbocycles. The number of benzene rings is 1. The van der Waals surface area contributed by atoms with Crippen molar-refractivity contribution in [2.75, 3.05) is 19.5 Å². The van der Waals surface area contributed by atoms with Crippen LogP contribution in [0.3, 0.4) is 0 Å². The van der Waals surface area contributed by atoms with Crippen LogP contribution in [0.25, 0.3) is 11.0 Å². The standard InChI is InChI=1S/C22H26N4O4/c1-14-11-17-21(22(28)25-10-6-4-5-7-19(25)23-17)26(14)13-20(27)24-16-12-15(29-2)8-9-18(16)30-3/h8-9,11-12H,4-7,10,13H2,1-3H3,(H,24,27). The van der Waals surface area contributed by atoms with Crippen LogP contribution < -0.4 is 20.3 Å². The molecule has 1 amide bonds. The molecule has 158 valence electrons. The fourth-order valence-corrected chi connectivity index (χ4v) is 4.01. The Morgan fingerprint density at radius 2 is 2.00 bits per heavy atom. The normalized spacial score (nSPS) is 13.6. The highest BCUT2D eigenvalue weighted by molar-refractivity contribution is 5.93. The molecule has 0 unspecified atom stereocenters. The number of hydrogen-bond acceptors (Lipinski definition) is 5. The summed E-state index contributed by atoms with van der Waals surface area (Å²) in [5.41, 5.74) is 2.39. The molecule has 30 heavy (non-hydrogen) atoms. The van der Waals surface area contributed by atoms with Gasteiger partial charge in [-0.25, -0.2) is 4.98 Å². The molecule has 0 fully saturated rings. The van der Waals surface area contributed by atoms with Crippen molar-refractivity contribution in [2.24, 2.45) is 0 Å². The van der Waals surface area contributed by atoms with Gasteiger partial charge in [0.2, 0.25) is 5.91 Å². The molecule has 0 spiro atoms. The summed E-state index contributed by atoms with van der Waals surface area (Å²) in [6.07, 6.45) is 3.92. The number of fused-ring (bicyclic) bond motifs is 2. The molecular weight excluding hydrogens is 384 g/mol. The van der Waals surface area contributed by atoms with E-state index in [-0.39, 0.29) is 18.0 Å². The van der Waals surface area contributed by atoms with Crippen molar-refractivity contribution in [1.29, 1.82) is 0 Å². The molecule has 3 heterocycles. The van der Waals surface area contributed by atoms with Crippen LogP contribution in [0, 0.1) is 6.92 Å². The zero-order valence-electron chi connectivity index (χ0n) is 17.5. The molecule has 4 rings (SSSR count). The Hall–Kier alpha value is -3.29. The van der Waals surface area contributed by atoms with Crippen molar-refractivity contribution in [2.45, 2.75) is 45.7 Å². The number of rotatable bonds is 5. The number of carbonyl (C=O) groups is 1. The van der Waals surface area contributed by atoms with Gasteiger partial charge in [0.25, 0.3) is 5.56 Å². The first kappa shape index (κ1) is 20.0. The molecule has 2 aromatic heterocycles. The Kier molecular flexibility index (Phi) is 5.48. The lowest BCUT2D eigenvalue weighted by atomic mass is 10.2. The smallest absolute Gasteiger partial charge is 0.278 e. The number of amides is 1. The predicted molar refractivity (Wildman–Crippen MR) is 114 cm³/mol. The molecule has 8 nitrogen and oxygen atoms in total. The Labute approximate surface area is 174 Å².